The molecular formula is C17H27NO6P2. The summed E-state index contributed by atoms with van der Waals surface area (Å²) in [5.41, 5.74) is 0.506. The van der Waals surface area contributed by atoms with Crippen molar-refractivity contribution in [3.05, 3.63) is 30.9 Å². The zero-order valence-electron chi connectivity index (χ0n) is 15.7. The van der Waals surface area contributed by atoms with Crippen LogP contribution in [0.2, 0.25) is 0 Å². The van der Waals surface area contributed by atoms with Gasteiger partial charge in [0.15, 0.2) is 0 Å². The molecule has 0 unspecified atom stereocenters. The second-order valence-electron chi connectivity index (χ2n) is 4.82. The third-order valence-electron chi connectivity index (χ3n) is 3.03. The van der Waals surface area contributed by atoms with E-state index in [2.05, 4.69) is 11.9 Å². The molecule has 0 bridgehead atoms. The number of anilines is 1. The summed E-state index contributed by atoms with van der Waals surface area (Å²) in [5, 5.41) is 3.71. The van der Waals surface area contributed by atoms with Crippen LogP contribution in [0.5, 0.6) is 0 Å². The van der Waals surface area contributed by atoms with Gasteiger partial charge >= 0.3 is 7.60 Å². The lowest BCUT2D eigenvalue weighted by Gasteiger charge is -2.22. The standard InChI is InChI=1S/C17H27NO6P2/c1-6-17(19)18-15-12-11-14(26(20,23-9-4)24-10-5)13-16(15)25(21-7-2)22-8-3/h6,11-13H,1,7-10H2,2-5H3,(H,18,19). The van der Waals surface area contributed by atoms with Crippen LogP contribution in [0.3, 0.4) is 0 Å². The zero-order chi connectivity index (χ0) is 19.6. The molecule has 1 aromatic rings. The number of nitrogens with one attached hydrogen (secondary N) is 1. The minimum Gasteiger partial charge on any atom is -0.331 e. The van der Waals surface area contributed by atoms with E-state index in [4.69, 9.17) is 18.1 Å². The van der Waals surface area contributed by atoms with E-state index in [1.54, 1.807) is 32.0 Å². The van der Waals surface area contributed by atoms with Gasteiger partial charge in [0.1, 0.15) is 0 Å². The van der Waals surface area contributed by atoms with Crippen LogP contribution >= 0.6 is 16.0 Å². The van der Waals surface area contributed by atoms with E-state index in [0.29, 0.717) is 29.5 Å². The summed E-state index contributed by atoms with van der Waals surface area (Å²) in [6.07, 6.45) is 1.17. The van der Waals surface area contributed by atoms with Crippen molar-refractivity contribution in [1.82, 2.24) is 0 Å². The number of hydrogen-bond donors (Lipinski definition) is 1. The molecule has 1 rings (SSSR count). The highest BCUT2D eigenvalue weighted by Gasteiger charge is 2.29. The average molecular weight is 403 g/mol. The van der Waals surface area contributed by atoms with E-state index in [-0.39, 0.29) is 19.1 Å². The van der Waals surface area contributed by atoms with Crippen molar-refractivity contribution in [3.63, 3.8) is 0 Å². The molecule has 26 heavy (non-hydrogen) atoms. The molecule has 0 atom stereocenters. The number of carbonyl (C=O) groups excluding carboxylic acids is 1. The van der Waals surface area contributed by atoms with E-state index in [0.717, 1.165) is 0 Å². The summed E-state index contributed by atoms with van der Waals surface area (Å²) in [5.74, 6) is -0.361. The van der Waals surface area contributed by atoms with Gasteiger partial charge in [0, 0.05) is 0 Å². The molecule has 0 aliphatic carbocycles. The highest BCUT2D eigenvalue weighted by Crippen LogP contribution is 2.48. The first-order valence-corrected chi connectivity index (χ1v) is 11.2. The minimum atomic E-state index is -3.47. The summed E-state index contributed by atoms with van der Waals surface area (Å²) < 4.78 is 35.3. The fourth-order valence-corrected chi connectivity index (χ4v) is 5.16. The summed E-state index contributed by atoms with van der Waals surface area (Å²) in [6.45, 7) is 12.0. The topological polar surface area (TPSA) is 83.1 Å². The SMILES string of the molecule is C=CC(=O)Nc1ccc(P(=O)(OCC)OCC)cc1P(OCC)OCC. The van der Waals surface area contributed by atoms with Gasteiger partial charge in [-0.3, -0.25) is 9.36 Å². The van der Waals surface area contributed by atoms with Gasteiger partial charge in [0.25, 0.3) is 0 Å². The van der Waals surface area contributed by atoms with Crippen LogP contribution in [-0.4, -0.2) is 32.3 Å². The van der Waals surface area contributed by atoms with Crippen LogP contribution in [-0.2, 0) is 27.5 Å². The quantitative estimate of drug-likeness (QED) is 0.423. The molecule has 0 saturated carbocycles. The lowest BCUT2D eigenvalue weighted by atomic mass is 10.3. The lowest BCUT2D eigenvalue weighted by Crippen LogP contribution is -2.22. The monoisotopic (exact) mass is 403 g/mol. The Hall–Kier alpha value is -1.07. The Morgan fingerprint density at radius 2 is 1.69 bits per heavy atom. The molecule has 0 spiro atoms. The van der Waals surface area contributed by atoms with Gasteiger partial charge in [0.2, 0.25) is 14.3 Å². The van der Waals surface area contributed by atoms with Crippen molar-refractivity contribution in [2.75, 3.05) is 31.7 Å². The minimum absolute atomic E-state index is 0.243. The first kappa shape index (κ1) is 23.0. The molecule has 0 aliphatic rings. The molecule has 1 aromatic carbocycles. The Morgan fingerprint density at radius 3 is 2.15 bits per heavy atom. The fourth-order valence-electron chi connectivity index (χ4n) is 2.07. The van der Waals surface area contributed by atoms with Crippen molar-refractivity contribution in [2.24, 2.45) is 0 Å². The van der Waals surface area contributed by atoms with Crippen LogP contribution < -0.4 is 15.9 Å². The number of hydrogen-bond acceptors (Lipinski definition) is 6. The molecule has 0 saturated heterocycles. The second-order valence-corrected chi connectivity index (χ2v) is 8.36. The van der Waals surface area contributed by atoms with Gasteiger partial charge in [-0.15, -0.1) is 0 Å². The Morgan fingerprint density at radius 1 is 1.12 bits per heavy atom. The van der Waals surface area contributed by atoms with E-state index >= 15 is 0 Å². The van der Waals surface area contributed by atoms with Crippen molar-refractivity contribution < 1.29 is 27.5 Å². The second kappa shape index (κ2) is 11.6. The molecule has 1 N–H and O–H groups in total. The number of carbonyl (C=O) groups is 1. The maximum atomic E-state index is 13.1. The normalized spacial score (nSPS) is 11.6. The maximum Gasteiger partial charge on any atom is 0.361 e. The first-order chi connectivity index (χ1) is 12.4. The van der Waals surface area contributed by atoms with Crippen molar-refractivity contribution >= 4 is 38.2 Å². The van der Waals surface area contributed by atoms with Crippen molar-refractivity contribution in [1.29, 1.82) is 0 Å². The highest BCUT2D eigenvalue weighted by atomic mass is 31.2. The third kappa shape index (κ3) is 6.27. The number of amides is 1. The molecule has 9 heteroatoms. The smallest absolute Gasteiger partial charge is 0.331 e. The van der Waals surface area contributed by atoms with E-state index < -0.39 is 16.0 Å². The average Bonchev–Trinajstić information content (AvgIpc) is 2.62. The molecule has 0 fully saturated rings. The molecule has 0 radical (unpaired) electrons. The summed E-state index contributed by atoms with van der Waals surface area (Å²) >= 11 is 0. The summed E-state index contributed by atoms with van der Waals surface area (Å²) in [7, 11) is -4.95. The largest absolute Gasteiger partial charge is 0.361 e. The van der Waals surface area contributed by atoms with Crippen LogP contribution in [0, 0.1) is 0 Å². The Balaban J connectivity index is 3.44. The van der Waals surface area contributed by atoms with Gasteiger partial charge < -0.3 is 23.4 Å². The highest BCUT2D eigenvalue weighted by molar-refractivity contribution is 7.62. The molecule has 7 nitrogen and oxygen atoms in total. The van der Waals surface area contributed by atoms with Gasteiger partial charge in [-0.05, 0) is 52.0 Å². The van der Waals surface area contributed by atoms with Crippen LogP contribution in [0.1, 0.15) is 27.7 Å². The van der Waals surface area contributed by atoms with Crippen molar-refractivity contribution in [3.8, 4) is 0 Å². The predicted octanol–water partition coefficient (Wildman–Crippen LogP) is 3.71. The van der Waals surface area contributed by atoms with Gasteiger partial charge in [-0.2, -0.15) is 0 Å². The Bertz CT molecular complexity index is 636. The number of rotatable bonds is 12. The Labute approximate surface area is 156 Å². The molecule has 0 heterocycles. The lowest BCUT2D eigenvalue weighted by molar-refractivity contribution is -0.111. The van der Waals surface area contributed by atoms with Crippen LogP contribution in [0.4, 0.5) is 5.69 Å². The molecule has 0 aliphatic heterocycles. The maximum absolute atomic E-state index is 13.1. The zero-order valence-corrected chi connectivity index (χ0v) is 17.5. The van der Waals surface area contributed by atoms with Gasteiger partial charge in [0.05, 0.1) is 42.7 Å². The molecular weight excluding hydrogens is 376 g/mol. The fraction of sp³-hybridized carbons (Fsp3) is 0.471. The van der Waals surface area contributed by atoms with Crippen molar-refractivity contribution in [2.45, 2.75) is 27.7 Å². The van der Waals surface area contributed by atoms with E-state index in [9.17, 15) is 9.36 Å². The summed E-state index contributed by atoms with van der Waals surface area (Å²) in [6, 6.07) is 4.91. The summed E-state index contributed by atoms with van der Waals surface area (Å²) in [4.78, 5) is 11.8. The van der Waals surface area contributed by atoms with E-state index in [1.807, 2.05) is 13.8 Å². The molecule has 1 amide bonds. The number of benzene rings is 1. The van der Waals surface area contributed by atoms with Gasteiger partial charge in [-0.1, -0.05) is 6.58 Å². The van der Waals surface area contributed by atoms with Crippen LogP contribution in [0.15, 0.2) is 30.9 Å². The van der Waals surface area contributed by atoms with Crippen LogP contribution in [0.25, 0.3) is 0 Å². The van der Waals surface area contributed by atoms with Gasteiger partial charge in [-0.25, -0.2) is 0 Å². The molecule has 0 aromatic heterocycles. The molecule has 146 valence electrons. The van der Waals surface area contributed by atoms with E-state index in [1.165, 1.54) is 6.08 Å². The predicted molar refractivity (Wildman–Crippen MR) is 106 cm³/mol. The Kier molecular flexibility index (Phi) is 10.3. The first-order valence-electron chi connectivity index (χ1n) is 8.48. The third-order valence-corrected chi connectivity index (χ3v) is 6.88.